The van der Waals surface area contributed by atoms with Gasteiger partial charge in [-0.2, -0.15) is 5.10 Å². The minimum Gasteiger partial charge on any atom is -0.487 e. The lowest BCUT2D eigenvalue weighted by atomic mass is 10.3. The van der Waals surface area contributed by atoms with E-state index in [2.05, 4.69) is 5.10 Å². The van der Waals surface area contributed by atoms with Crippen molar-refractivity contribution in [2.75, 3.05) is 0 Å². The smallest absolute Gasteiger partial charge is 0.273 e. The molecule has 0 aliphatic carbocycles. The van der Waals surface area contributed by atoms with Gasteiger partial charge >= 0.3 is 0 Å². The van der Waals surface area contributed by atoms with Crippen LogP contribution in [0, 0.1) is 10.1 Å². The molecule has 0 unspecified atom stereocenters. The van der Waals surface area contributed by atoms with E-state index < -0.39 is 4.92 Å². The van der Waals surface area contributed by atoms with Crippen molar-refractivity contribution in [2.45, 2.75) is 6.61 Å². The second kappa shape index (κ2) is 5.05. The highest BCUT2D eigenvalue weighted by molar-refractivity contribution is 6.32. The van der Waals surface area contributed by atoms with E-state index in [0.29, 0.717) is 5.02 Å². The van der Waals surface area contributed by atoms with Gasteiger partial charge in [-0.1, -0.05) is 11.6 Å². The van der Waals surface area contributed by atoms with Crippen LogP contribution in [-0.2, 0) is 13.7 Å². The second-order valence-corrected chi connectivity index (χ2v) is 4.09. The number of nitro benzene ring substituents is 1. The molecule has 0 saturated heterocycles. The Hall–Kier alpha value is -2.08. The maximum atomic E-state index is 10.6. The topological polar surface area (TPSA) is 70.2 Å². The fraction of sp³-hybridized carbons (Fsp3) is 0.182. The Labute approximate surface area is 108 Å². The number of rotatable bonds is 4. The molecule has 0 amide bonds. The van der Waals surface area contributed by atoms with Gasteiger partial charge in [0, 0.05) is 24.9 Å². The molecular formula is C11H10ClN3O3. The molecule has 6 nitrogen and oxygen atoms in total. The number of halogens is 1. The van der Waals surface area contributed by atoms with Crippen molar-refractivity contribution in [2.24, 2.45) is 7.05 Å². The Morgan fingerprint density at radius 3 is 2.94 bits per heavy atom. The summed E-state index contributed by atoms with van der Waals surface area (Å²) in [5.74, 6) is 0.287. The van der Waals surface area contributed by atoms with Crippen LogP contribution in [0.5, 0.6) is 5.75 Å². The monoisotopic (exact) mass is 267 g/mol. The summed E-state index contributed by atoms with van der Waals surface area (Å²) in [6.45, 7) is 0.259. The van der Waals surface area contributed by atoms with E-state index in [0.717, 1.165) is 5.56 Å². The zero-order valence-electron chi connectivity index (χ0n) is 9.54. The van der Waals surface area contributed by atoms with Crippen LogP contribution in [-0.4, -0.2) is 14.7 Å². The quantitative estimate of drug-likeness (QED) is 0.630. The van der Waals surface area contributed by atoms with Crippen LogP contribution in [0.25, 0.3) is 0 Å². The van der Waals surface area contributed by atoms with Crippen molar-refractivity contribution in [1.82, 2.24) is 9.78 Å². The minimum absolute atomic E-state index is 0.0550. The normalized spacial score (nSPS) is 10.3. The molecule has 0 aliphatic rings. The molecule has 0 atom stereocenters. The Morgan fingerprint density at radius 2 is 2.33 bits per heavy atom. The number of ether oxygens (including phenoxy) is 1. The molecule has 0 aliphatic heterocycles. The average Bonchev–Trinajstić information content (AvgIpc) is 2.74. The number of aromatic nitrogens is 2. The van der Waals surface area contributed by atoms with Crippen LogP contribution in [0.3, 0.4) is 0 Å². The molecular weight excluding hydrogens is 258 g/mol. The Morgan fingerprint density at radius 1 is 1.56 bits per heavy atom. The molecule has 0 N–H and O–H groups in total. The largest absolute Gasteiger partial charge is 0.487 e. The standard InChI is InChI=1S/C11H10ClN3O3/c1-14-6-8(5-13-14)7-18-11-4-9(15(16)17)2-3-10(11)12/h2-6H,7H2,1H3. The van der Waals surface area contributed by atoms with Crippen LogP contribution < -0.4 is 4.74 Å². The molecule has 0 saturated carbocycles. The van der Waals surface area contributed by atoms with E-state index in [1.807, 2.05) is 0 Å². The lowest BCUT2D eigenvalue weighted by molar-refractivity contribution is -0.384. The summed E-state index contributed by atoms with van der Waals surface area (Å²) in [5, 5.41) is 15.0. The number of aryl methyl sites for hydroxylation is 1. The van der Waals surface area contributed by atoms with Gasteiger partial charge in [-0.3, -0.25) is 14.8 Å². The lowest BCUT2D eigenvalue weighted by Crippen LogP contribution is -1.96. The molecule has 1 heterocycles. The Kier molecular flexibility index (Phi) is 3.47. The first-order chi connectivity index (χ1) is 8.56. The third-order valence-corrected chi connectivity index (χ3v) is 2.59. The Balaban J connectivity index is 2.13. The van der Waals surface area contributed by atoms with Gasteiger partial charge in [0.2, 0.25) is 0 Å². The van der Waals surface area contributed by atoms with Crippen molar-refractivity contribution in [3.8, 4) is 5.75 Å². The summed E-state index contributed by atoms with van der Waals surface area (Å²) in [5.41, 5.74) is 0.806. The molecule has 0 radical (unpaired) electrons. The van der Waals surface area contributed by atoms with Crippen molar-refractivity contribution in [1.29, 1.82) is 0 Å². The van der Waals surface area contributed by atoms with Crippen molar-refractivity contribution in [3.63, 3.8) is 0 Å². The predicted molar refractivity (Wildman–Crippen MR) is 65.6 cm³/mol. The van der Waals surface area contributed by atoms with Gasteiger partial charge in [0.05, 0.1) is 22.2 Å². The number of nitro groups is 1. The highest BCUT2D eigenvalue weighted by Crippen LogP contribution is 2.29. The van der Waals surface area contributed by atoms with Gasteiger partial charge in [-0.15, -0.1) is 0 Å². The SMILES string of the molecule is Cn1cc(COc2cc([N+](=O)[O-])ccc2Cl)cn1. The van der Waals surface area contributed by atoms with Crippen molar-refractivity contribution >= 4 is 17.3 Å². The number of hydrogen-bond acceptors (Lipinski definition) is 4. The number of benzene rings is 1. The molecule has 1 aromatic heterocycles. The highest BCUT2D eigenvalue weighted by Gasteiger charge is 2.11. The summed E-state index contributed by atoms with van der Waals surface area (Å²) in [4.78, 5) is 10.1. The molecule has 7 heteroatoms. The molecule has 0 spiro atoms. The molecule has 94 valence electrons. The molecule has 0 fully saturated rings. The minimum atomic E-state index is -0.493. The van der Waals surface area contributed by atoms with Crippen molar-refractivity contribution < 1.29 is 9.66 Å². The van der Waals surface area contributed by atoms with E-state index in [4.69, 9.17) is 16.3 Å². The molecule has 2 rings (SSSR count). The first-order valence-electron chi connectivity index (χ1n) is 5.10. The van der Waals surface area contributed by atoms with E-state index >= 15 is 0 Å². The second-order valence-electron chi connectivity index (χ2n) is 3.68. The van der Waals surface area contributed by atoms with Crippen LogP contribution in [0.15, 0.2) is 30.6 Å². The highest BCUT2D eigenvalue weighted by atomic mass is 35.5. The first kappa shape index (κ1) is 12.4. The van der Waals surface area contributed by atoms with E-state index in [1.165, 1.54) is 18.2 Å². The van der Waals surface area contributed by atoms with Gasteiger partial charge in [-0.05, 0) is 6.07 Å². The Bertz CT molecular complexity index is 583. The number of non-ortho nitro benzene ring substituents is 1. The summed E-state index contributed by atoms with van der Waals surface area (Å²) < 4.78 is 7.08. The van der Waals surface area contributed by atoms with E-state index in [-0.39, 0.29) is 18.0 Å². The van der Waals surface area contributed by atoms with Crippen LogP contribution in [0.4, 0.5) is 5.69 Å². The van der Waals surface area contributed by atoms with Crippen LogP contribution in [0.1, 0.15) is 5.56 Å². The summed E-state index contributed by atoms with van der Waals surface area (Å²) in [6.07, 6.45) is 3.45. The zero-order valence-corrected chi connectivity index (χ0v) is 10.3. The van der Waals surface area contributed by atoms with Gasteiger partial charge in [0.1, 0.15) is 12.4 Å². The molecule has 1 aromatic carbocycles. The average molecular weight is 268 g/mol. The fourth-order valence-electron chi connectivity index (χ4n) is 1.42. The van der Waals surface area contributed by atoms with Crippen LogP contribution >= 0.6 is 11.6 Å². The number of nitrogens with zero attached hydrogens (tertiary/aromatic N) is 3. The zero-order chi connectivity index (χ0) is 13.1. The molecule has 0 bridgehead atoms. The summed E-state index contributed by atoms with van der Waals surface area (Å²) in [7, 11) is 1.80. The maximum Gasteiger partial charge on any atom is 0.273 e. The van der Waals surface area contributed by atoms with Crippen LogP contribution in [0.2, 0.25) is 5.02 Å². The van der Waals surface area contributed by atoms with E-state index in [1.54, 1.807) is 24.1 Å². The maximum absolute atomic E-state index is 10.6. The lowest BCUT2D eigenvalue weighted by Gasteiger charge is -2.06. The predicted octanol–water partition coefficient (Wildman–Crippen LogP) is 2.56. The third kappa shape index (κ3) is 2.78. The molecule has 2 aromatic rings. The van der Waals surface area contributed by atoms with Gasteiger partial charge in [0.15, 0.2) is 0 Å². The van der Waals surface area contributed by atoms with Gasteiger partial charge < -0.3 is 4.74 Å². The summed E-state index contributed by atoms with van der Waals surface area (Å²) >= 11 is 5.90. The summed E-state index contributed by atoms with van der Waals surface area (Å²) in [6, 6.07) is 4.08. The van der Waals surface area contributed by atoms with Gasteiger partial charge in [-0.25, -0.2) is 0 Å². The first-order valence-corrected chi connectivity index (χ1v) is 5.48. The fourth-order valence-corrected chi connectivity index (χ4v) is 1.60. The third-order valence-electron chi connectivity index (χ3n) is 2.28. The van der Waals surface area contributed by atoms with Crippen molar-refractivity contribution in [3.05, 3.63) is 51.3 Å². The van der Waals surface area contributed by atoms with E-state index in [9.17, 15) is 10.1 Å². The number of hydrogen-bond donors (Lipinski definition) is 0. The van der Waals surface area contributed by atoms with Gasteiger partial charge in [0.25, 0.3) is 5.69 Å². The molecule has 18 heavy (non-hydrogen) atoms.